The molecule has 0 aromatic heterocycles. The van der Waals surface area contributed by atoms with E-state index in [0.29, 0.717) is 11.4 Å². The van der Waals surface area contributed by atoms with Gasteiger partial charge < -0.3 is 10.1 Å². The highest BCUT2D eigenvalue weighted by Gasteiger charge is 2.50. The van der Waals surface area contributed by atoms with Crippen LogP contribution in [0.25, 0.3) is 6.08 Å². The first-order chi connectivity index (χ1) is 12.7. The molecule has 1 aromatic carbocycles. The first kappa shape index (κ1) is 16.7. The van der Waals surface area contributed by atoms with Gasteiger partial charge in [0.15, 0.2) is 0 Å². The van der Waals surface area contributed by atoms with Crippen molar-refractivity contribution in [2.24, 2.45) is 17.8 Å². The van der Waals surface area contributed by atoms with Crippen LogP contribution in [0.3, 0.4) is 0 Å². The summed E-state index contributed by atoms with van der Waals surface area (Å²) in [5, 5.41) is 3.11. The summed E-state index contributed by atoms with van der Waals surface area (Å²) in [5.74, 6) is 4.89. The fourth-order valence-electron chi connectivity index (χ4n) is 6.00. The number of hydrogen-bond acceptors (Lipinski definition) is 3. The Labute approximate surface area is 160 Å². The number of para-hydroxylation sites is 1. The zero-order valence-corrected chi connectivity index (χ0v) is 16.0. The van der Waals surface area contributed by atoms with E-state index in [-0.39, 0.29) is 5.91 Å². The van der Waals surface area contributed by atoms with Gasteiger partial charge >= 0.3 is 0 Å². The lowest BCUT2D eigenvalue weighted by Crippen LogP contribution is -2.49. The Morgan fingerprint density at radius 2 is 1.81 bits per heavy atom. The summed E-state index contributed by atoms with van der Waals surface area (Å²) >= 11 is 2.15. The topological polar surface area (TPSA) is 38.3 Å². The molecule has 0 atom stereocenters. The smallest absolute Gasteiger partial charge is 0.250 e. The second-order valence-corrected chi connectivity index (χ2v) is 10.3. The number of amides is 1. The monoisotopic (exact) mass is 369 g/mol. The molecule has 138 valence electrons. The van der Waals surface area contributed by atoms with Crippen molar-refractivity contribution in [2.45, 2.75) is 43.3 Å². The molecule has 0 unspecified atom stereocenters. The summed E-state index contributed by atoms with van der Waals surface area (Å²) in [4.78, 5) is 12.5. The molecule has 1 aromatic rings. The minimum absolute atomic E-state index is 0.0191. The van der Waals surface area contributed by atoms with Gasteiger partial charge in [-0.25, -0.2) is 0 Å². The molecule has 1 aliphatic heterocycles. The van der Waals surface area contributed by atoms with E-state index in [1.807, 2.05) is 30.3 Å². The van der Waals surface area contributed by atoms with Gasteiger partial charge in [0, 0.05) is 22.6 Å². The maximum atomic E-state index is 12.5. The minimum Gasteiger partial charge on any atom is -0.488 e. The average Bonchev–Trinajstić information content (AvgIpc) is 2.63. The summed E-state index contributed by atoms with van der Waals surface area (Å²) in [6.45, 7) is 1.12. The van der Waals surface area contributed by atoms with Crippen LogP contribution in [0.15, 0.2) is 29.8 Å². The standard InChI is InChI=1S/C22H27NO2S/c24-21(19-10-18-3-1-2-4-20(18)25-14-19)23-5-6-26-22-11-15-7-16(12-22)9-17(8-15)13-22/h1-4,10,15-17H,5-9,11-14H2,(H,23,24). The van der Waals surface area contributed by atoms with Crippen LogP contribution in [0.1, 0.15) is 44.1 Å². The van der Waals surface area contributed by atoms with Gasteiger partial charge in [-0.2, -0.15) is 11.8 Å². The van der Waals surface area contributed by atoms with E-state index in [9.17, 15) is 4.79 Å². The Kier molecular flexibility index (Phi) is 4.27. The van der Waals surface area contributed by atoms with Gasteiger partial charge in [-0.15, -0.1) is 0 Å². The van der Waals surface area contributed by atoms with Crippen LogP contribution in [0.2, 0.25) is 0 Å². The van der Waals surface area contributed by atoms with Crippen molar-refractivity contribution < 1.29 is 9.53 Å². The fourth-order valence-corrected chi connectivity index (χ4v) is 7.70. The first-order valence-electron chi connectivity index (χ1n) is 10.0. The highest BCUT2D eigenvalue weighted by Crippen LogP contribution is 2.60. The van der Waals surface area contributed by atoms with E-state index in [2.05, 4.69) is 17.1 Å². The van der Waals surface area contributed by atoms with Gasteiger partial charge in [-0.05, 0) is 68.4 Å². The number of carbonyl (C=O) groups excluding carboxylic acids is 1. The van der Waals surface area contributed by atoms with Gasteiger partial charge in [-0.3, -0.25) is 4.79 Å². The van der Waals surface area contributed by atoms with Crippen molar-refractivity contribution in [3.63, 3.8) is 0 Å². The number of thioether (sulfide) groups is 1. The van der Waals surface area contributed by atoms with Gasteiger partial charge in [-0.1, -0.05) is 18.2 Å². The Balaban J connectivity index is 1.13. The predicted octanol–water partition coefficient (Wildman–Crippen LogP) is 4.28. The van der Waals surface area contributed by atoms with E-state index in [0.717, 1.165) is 46.9 Å². The summed E-state index contributed by atoms with van der Waals surface area (Å²) in [6, 6.07) is 7.87. The summed E-state index contributed by atoms with van der Waals surface area (Å²) in [7, 11) is 0. The Morgan fingerprint density at radius 3 is 2.54 bits per heavy atom. The van der Waals surface area contributed by atoms with E-state index >= 15 is 0 Å². The van der Waals surface area contributed by atoms with Crippen molar-refractivity contribution in [1.82, 2.24) is 5.32 Å². The molecule has 4 saturated carbocycles. The maximum absolute atomic E-state index is 12.5. The molecule has 0 saturated heterocycles. The number of rotatable bonds is 5. The lowest BCUT2D eigenvalue weighted by Gasteiger charge is -2.56. The number of benzene rings is 1. The van der Waals surface area contributed by atoms with Crippen LogP contribution < -0.4 is 10.1 Å². The van der Waals surface area contributed by atoms with Crippen molar-refractivity contribution in [1.29, 1.82) is 0 Å². The quantitative estimate of drug-likeness (QED) is 0.787. The molecule has 3 nitrogen and oxygen atoms in total. The zero-order chi connectivity index (χ0) is 17.6. The molecule has 4 bridgehead atoms. The third-order valence-corrected chi connectivity index (χ3v) is 8.22. The highest BCUT2D eigenvalue weighted by atomic mass is 32.2. The van der Waals surface area contributed by atoms with Gasteiger partial charge in [0.25, 0.3) is 5.91 Å². The SMILES string of the molecule is O=C(NCCSC12CC3CC(CC(C3)C1)C2)C1=Cc2ccccc2OC1. The molecule has 1 N–H and O–H groups in total. The number of nitrogens with one attached hydrogen (secondary N) is 1. The molecule has 5 aliphatic rings. The average molecular weight is 370 g/mol. The molecule has 0 radical (unpaired) electrons. The molecular formula is C22H27NO2S. The summed E-state index contributed by atoms with van der Waals surface area (Å²) in [6.07, 6.45) is 10.7. The van der Waals surface area contributed by atoms with Crippen LogP contribution in [0.5, 0.6) is 5.75 Å². The van der Waals surface area contributed by atoms with Crippen LogP contribution in [0.4, 0.5) is 0 Å². The Bertz CT molecular complexity index is 706. The minimum atomic E-state index is 0.0191. The van der Waals surface area contributed by atoms with Crippen LogP contribution in [-0.4, -0.2) is 29.6 Å². The molecule has 1 heterocycles. The van der Waals surface area contributed by atoms with Crippen molar-refractivity contribution in [3.05, 3.63) is 35.4 Å². The van der Waals surface area contributed by atoms with Crippen LogP contribution >= 0.6 is 11.8 Å². The third kappa shape index (κ3) is 3.17. The molecule has 26 heavy (non-hydrogen) atoms. The summed E-state index contributed by atoms with van der Waals surface area (Å²) < 4.78 is 6.23. The lowest BCUT2D eigenvalue weighted by molar-refractivity contribution is -0.117. The van der Waals surface area contributed by atoms with E-state index < -0.39 is 0 Å². The molecule has 1 amide bonds. The molecule has 6 rings (SSSR count). The van der Waals surface area contributed by atoms with Gasteiger partial charge in [0.1, 0.15) is 12.4 Å². The van der Waals surface area contributed by atoms with Crippen molar-refractivity contribution in [3.8, 4) is 5.75 Å². The normalized spacial score (nSPS) is 34.0. The van der Waals surface area contributed by atoms with E-state index in [1.165, 1.54) is 38.5 Å². The second kappa shape index (κ2) is 6.63. The zero-order valence-electron chi connectivity index (χ0n) is 15.2. The van der Waals surface area contributed by atoms with Crippen molar-refractivity contribution in [2.75, 3.05) is 18.9 Å². The Hall–Kier alpha value is -1.42. The first-order valence-corrected chi connectivity index (χ1v) is 11.0. The molecule has 0 spiro atoms. The molecule has 4 aliphatic carbocycles. The van der Waals surface area contributed by atoms with Gasteiger partial charge in [0.05, 0.1) is 5.57 Å². The Morgan fingerprint density at radius 1 is 1.12 bits per heavy atom. The second-order valence-electron chi connectivity index (χ2n) is 8.70. The molecular weight excluding hydrogens is 342 g/mol. The van der Waals surface area contributed by atoms with Crippen molar-refractivity contribution >= 4 is 23.7 Å². The number of hydrogen-bond donors (Lipinski definition) is 1. The number of carbonyl (C=O) groups is 1. The number of ether oxygens (including phenoxy) is 1. The lowest BCUT2D eigenvalue weighted by atomic mass is 9.56. The molecule has 4 fully saturated rings. The molecule has 4 heteroatoms. The van der Waals surface area contributed by atoms with Crippen LogP contribution in [-0.2, 0) is 4.79 Å². The maximum Gasteiger partial charge on any atom is 0.250 e. The van der Waals surface area contributed by atoms with Gasteiger partial charge in [0.2, 0.25) is 0 Å². The highest BCUT2D eigenvalue weighted by molar-refractivity contribution is 8.00. The van der Waals surface area contributed by atoms with E-state index in [4.69, 9.17) is 4.74 Å². The van der Waals surface area contributed by atoms with Crippen LogP contribution in [0, 0.1) is 17.8 Å². The third-order valence-electron chi connectivity index (χ3n) is 6.70. The van der Waals surface area contributed by atoms with E-state index in [1.54, 1.807) is 0 Å². The predicted molar refractivity (Wildman–Crippen MR) is 106 cm³/mol. The fraction of sp³-hybridized carbons (Fsp3) is 0.591. The summed E-state index contributed by atoms with van der Waals surface area (Å²) in [5.41, 5.74) is 1.72. The largest absolute Gasteiger partial charge is 0.488 e. The number of fused-ring (bicyclic) bond motifs is 1.